The van der Waals surface area contributed by atoms with E-state index in [9.17, 15) is 145 Å². The third-order valence-corrected chi connectivity index (χ3v) is 17.0. The SMILES string of the molecule is C=C(C)C(=O)OCCOC(=O)C1C2CC(CC2C(=O)OCC(C)(F)F)C1C(=O)OCC(F)(F)C(F)(F)F.C=C(C)C(=O)OCCOC(=O)C1C2CC(CC2C(=O)OCC(F)(F)CC)C1C(=O)OCC(F)(F)CC(F)(F)F.C=C(C)C(=O)OCCOC(=O)C1CC(C(=O)OCC(F)(F)F)CC(C(=O)OCC(F)(F)F)C1. The molecule has 0 amide bonds. The van der Waals surface area contributed by atoms with Crippen LogP contribution < -0.4 is 0 Å². The molecule has 44 heteroatoms. The summed E-state index contributed by atoms with van der Waals surface area (Å²) in [4.78, 5) is 146. The smallest absolute Gasteiger partial charge is 0.456 e. The van der Waals surface area contributed by atoms with Crippen LogP contribution in [0.2, 0.25) is 0 Å². The lowest BCUT2D eigenvalue weighted by atomic mass is 9.73. The molecule has 620 valence electrons. The largest absolute Gasteiger partial charge is 0.462 e. The maximum absolute atomic E-state index is 13.7. The average molecular weight is 1620 g/mol. The van der Waals surface area contributed by atoms with E-state index in [0.717, 1.165) is 0 Å². The first-order valence-corrected chi connectivity index (χ1v) is 32.6. The molecule has 0 heterocycles. The van der Waals surface area contributed by atoms with Gasteiger partial charge in [-0.25, -0.2) is 40.7 Å². The van der Waals surface area contributed by atoms with Crippen molar-refractivity contribution in [3.63, 3.8) is 0 Å². The van der Waals surface area contributed by atoms with Crippen LogP contribution in [0.5, 0.6) is 0 Å². The van der Waals surface area contributed by atoms with Crippen molar-refractivity contribution >= 4 is 71.6 Å². The molecule has 0 aromatic rings. The van der Waals surface area contributed by atoms with Crippen molar-refractivity contribution < 1.29 is 202 Å². The Labute approximate surface area is 606 Å². The van der Waals surface area contributed by atoms with Gasteiger partial charge in [-0.05, 0) is 89.4 Å². The summed E-state index contributed by atoms with van der Waals surface area (Å²) in [6.07, 6.45) is -25.5. The van der Waals surface area contributed by atoms with Gasteiger partial charge in [-0.2, -0.15) is 61.5 Å². The summed E-state index contributed by atoms with van der Waals surface area (Å²) in [5, 5.41) is 0. The van der Waals surface area contributed by atoms with Crippen LogP contribution in [0.25, 0.3) is 0 Å². The second-order valence-corrected chi connectivity index (χ2v) is 26.2. The normalized spacial score (nSPS) is 23.8. The molecular formula is C65H76F20O24. The van der Waals surface area contributed by atoms with Crippen LogP contribution in [-0.4, -0.2) is 199 Å². The van der Waals surface area contributed by atoms with Crippen LogP contribution >= 0.6 is 0 Å². The number of esters is 12. The Morgan fingerprint density at radius 1 is 0.321 bits per heavy atom. The van der Waals surface area contributed by atoms with Crippen molar-refractivity contribution in [2.45, 2.75) is 141 Å². The predicted molar refractivity (Wildman–Crippen MR) is 318 cm³/mol. The number of hydrogen-bond acceptors (Lipinski definition) is 24. The molecule has 12 unspecified atom stereocenters. The summed E-state index contributed by atoms with van der Waals surface area (Å²) in [6.45, 7) is 2.74. The highest BCUT2D eigenvalue weighted by atomic mass is 19.4. The van der Waals surface area contributed by atoms with Crippen molar-refractivity contribution in [3.8, 4) is 0 Å². The Hall–Kier alpha value is -8.54. The van der Waals surface area contributed by atoms with Crippen molar-refractivity contribution in [2.24, 2.45) is 76.9 Å². The number of carbonyl (C=O) groups excluding carboxylic acids is 12. The first-order chi connectivity index (χ1) is 49.8. The van der Waals surface area contributed by atoms with Gasteiger partial charge in [-0.15, -0.1) is 0 Å². The topological polar surface area (TPSA) is 316 Å². The molecule has 109 heavy (non-hydrogen) atoms. The van der Waals surface area contributed by atoms with Crippen molar-refractivity contribution in [2.75, 3.05) is 79.3 Å². The van der Waals surface area contributed by atoms with Gasteiger partial charge in [0.2, 0.25) is 0 Å². The van der Waals surface area contributed by atoms with Gasteiger partial charge in [0.25, 0.3) is 17.8 Å². The van der Waals surface area contributed by atoms with Crippen LogP contribution in [0.1, 0.15) is 92.4 Å². The molecule has 4 bridgehead atoms. The molecule has 5 rings (SSSR count). The molecule has 24 nitrogen and oxygen atoms in total. The number of alkyl halides is 20. The van der Waals surface area contributed by atoms with E-state index < -0.39 is 289 Å². The minimum atomic E-state index is -5.99. The first-order valence-electron chi connectivity index (χ1n) is 32.6. The van der Waals surface area contributed by atoms with Gasteiger partial charge >= 0.3 is 102 Å². The number of fused-ring (bicyclic) bond motifs is 4. The average Bonchev–Trinajstić information content (AvgIpc) is 1.60. The lowest BCUT2D eigenvalue weighted by Gasteiger charge is -2.32. The molecule has 5 saturated carbocycles. The van der Waals surface area contributed by atoms with Gasteiger partial charge in [0, 0.05) is 30.1 Å². The van der Waals surface area contributed by atoms with Crippen molar-refractivity contribution in [1.82, 2.24) is 0 Å². The Balaban J connectivity index is 0.000000426. The zero-order chi connectivity index (χ0) is 83.5. The monoisotopic (exact) mass is 1620 g/mol. The van der Waals surface area contributed by atoms with E-state index in [-0.39, 0.29) is 61.9 Å². The van der Waals surface area contributed by atoms with Crippen LogP contribution in [-0.2, 0) is 114 Å². The fraction of sp³-hybridized carbons (Fsp3) is 0.723. The fourth-order valence-corrected chi connectivity index (χ4v) is 12.2. The molecule has 0 aromatic carbocycles. The Bertz CT molecular complexity index is 3230. The molecule has 5 fully saturated rings. The van der Waals surface area contributed by atoms with E-state index in [0.29, 0.717) is 6.92 Å². The number of ether oxygens (including phenoxy) is 12. The number of carbonyl (C=O) groups is 12. The molecular weight excluding hydrogens is 1540 g/mol. The maximum atomic E-state index is 13.7. The minimum Gasteiger partial charge on any atom is -0.462 e. The number of rotatable bonds is 33. The van der Waals surface area contributed by atoms with E-state index in [2.05, 4.69) is 43.4 Å². The van der Waals surface area contributed by atoms with Crippen LogP contribution in [0, 0.1) is 76.9 Å². The molecule has 0 aromatic heterocycles. The summed E-state index contributed by atoms with van der Waals surface area (Å²) in [6, 6.07) is 0. The molecule has 0 saturated heterocycles. The van der Waals surface area contributed by atoms with Gasteiger partial charge in [-0.3, -0.25) is 43.2 Å². The highest BCUT2D eigenvalue weighted by molar-refractivity contribution is 5.89. The molecule has 0 spiro atoms. The lowest BCUT2D eigenvalue weighted by molar-refractivity contribution is -0.294. The second kappa shape index (κ2) is 39.4. The molecule has 5 aliphatic carbocycles. The van der Waals surface area contributed by atoms with E-state index in [4.69, 9.17) is 33.2 Å². The van der Waals surface area contributed by atoms with Gasteiger partial charge in [0.05, 0.1) is 53.3 Å². The summed E-state index contributed by atoms with van der Waals surface area (Å²) >= 11 is 0. The van der Waals surface area contributed by atoms with Crippen LogP contribution in [0.3, 0.4) is 0 Å². The zero-order valence-electron chi connectivity index (χ0n) is 58.3. The summed E-state index contributed by atoms with van der Waals surface area (Å²) in [5.41, 5.74) is 0.209. The van der Waals surface area contributed by atoms with E-state index >= 15 is 0 Å². The van der Waals surface area contributed by atoms with E-state index in [1.54, 1.807) is 0 Å². The quantitative estimate of drug-likeness (QED) is 0.0194. The maximum Gasteiger partial charge on any atom is 0.456 e. The zero-order valence-corrected chi connectivity index (χ0v) is 58.3. The fourth-order valence-electron chi connectivity index (χ4n) is 12.2. The van der Waals surface area contributed by atoms with Crippen LogP contribution in [0.15, 0.2) is 36.5 Å². The van der Waals surface area contributed by atoms with Gasteiger partial charge in [0.15, 0.2) is 39.6 Å². The summed E-state index contributed by atoms with van der Waals surface area (Å²) in [7, 11) is 0. The first kappa shape index (κ1) is 94.7. The Kier molecular flexibility index (Phi) is 34.2. The minimum absolute atomic E-state index is 0.00700. The highest BCUT2D eigenvalue weighted by Gasteiger charge is 2.64. The molecule has 5 aliphatic rings. The number of hydrogen-bond donors (Lipinski definition) is 0. The van der Waals surface area contributed by atoms with E-state index in [1.807, 2.05) is 0 Å². The molecule has 0 N–H and O–H groups in total. The van der Waals surface area contributed by atoms with Gasteiger partial charge in [-0.1, -0.05) is 26.7 Å². The Morgan fingerprint density at radius 3 is 0.917 bits per heavy atom. The van der Waals surface area contributed by atoms with Gasteiger partial charge in [0.1, 0.15) is 46.1 Å². The third-order valence-electron chi connectivity index (χ3n) is 17.0. The van der Waals surface area contributed by atoms with Crippen LogP contribution in [0.4, 0.5) is 87.8 Å². The standard InChI is InChI=1S/C24H29F7O8.C22H25F7O8.C19H22F6O8/c1-4-22(25,26)10-38-19(33)15-8-13-7-14(15)17(21(35)37-6-5-36-18(32)12(2)3)16(13)20(34)39-11-23(27,28)9-24(29,30)31;1-10(2)16(30)34-4-5-35-19(33)15-12-6-11(7-13(12)17(31)36-8-20(3,23)24)14(15)18(32)37-9-21(25,26)22(27,28)29;1-10(2)14(26)30-3-4-31-15(27)11-5-12(16(28)32-8-18(20,21)22)7-13(6-11)17(29)33-9-19(23,24)25/h13-17H,2,4-11H2,1,3H3;11-15H,1,4-9H2,2-3H3;11-13H,1,3-9H2,2H3. The van der Waals surface area contributed by atoms with Crippen molar-refractivity contribution in [3.05, 3.63) is 36.5 Å². The summed E-state index contributed by atoms with van der Waals surface area (Å²) in [5.74, 6) is -45.6. The third kappa shape index (κ3) is 31.0. The van der Waals surface area contributed by atoms with E-state index in [1.165, 1.54) is 27.7 Å². The molecule has 0 aliphatic heterocycles. The molecule has 0 radical (unpaired) electrons. The van der Waals surface area contributed by atoms with Crippen molar-refractivity contribution in [1.29, 1.82) is 0 Å². The predicted octanol–water partition coefficient (Wildman–Crippen LogP) is 10.6. The Morgan fingerprint density at radius 2 is 0.606 bits per heavy atom. The number of halogens is 20. The second-order valence-electron chi connectivity index (χ2n) is 26.2. The summed E-state index contributed by atoms with van der Waals surface area (Å²) < 4.78 is 311. The lowest BCUT2D eigenvalue weighted by Crippen LogP contribution is -2.45. The van der Waals surface area contributed by atoms with Gasteiger partial charge < -0.3 is 56.8 Å². The molecule has 12 atom stereocenters. The highest BCUT2D eigenvalue weighted by Crippen LogP contribution is 2.58.